The maximum Gasteiger partial charge on any atom is 0.314 e. The van der Waals surface area contributed by atoms with E-state index in [2.05, 4.69) is 18.6 Å². The van der Waals surface area contributed by atoms with E-state index in [1.54, 1.807) is 0 Å². The Labute approximate surface area is 91.7 Å². The van der Waals surface area contributed by atoms with E-state index in [1.165, 1.54) is 25.7 Å². The predicted molar refractivity (Wildman–Crippen MR) is 60.2 cm³/mol. The van der Waals surface area contributed by atoms with Crippen LogP contribution in [0.5, 0.6) is 0 Å². The number of cyclic esters (lactones) is 2. The lowest BCUT2D eigenvalue weighted by atomic mass is 10.2. The fourth-order valence-electron chi connectivity index (χ4n) is 0.933. The van der Waals surface area contributed by atoms with Gasteiger partial charge < -0.3 is 17.0 Å². The van der Waals surface area contributed by atoms with Crippen molar-refractivity contribution in [2.75, 3.05) is 0 Å². The van der Waals surface area contributed by atoms with Gasteiger partial charge in [0.25, 0.3) is 0 Å². The van der Waals surface area contributed by atoms with Crippen molar-refractivity contribution < 1.29 is 14.3 Å². The number of esters is 2. The van der Waals surface area contributed by atoms with Crippen molar-refractivity contribution in [3.63, 3.8) is 0 Å². The van der Waals surface area contributed by atoms with Crippen LogP contribution in [0.2, 0.25) is 0 Å². The van der Waals surface area contributed by atoms with Crippen molar-refractivity contribution in [2.45, 2.75) is 52.4 Å². The van der Waals surface area contributed by atoms with Crippen LogP contribution in [0.3, 0.4) is 0 Å². The van der Waals surface area contributed by atoms with Gasteiger partial charge in [-0.15, -0.1) is 0 Å². The summed E-state index contributed by atoms with van der Waals surface area (Å²) in [5.41, 5.74) is 0. The second-order valence-electron chi connectivity index (χ2n) is 3.05. The van der Waals surface area contributed by atoms with Gasteiger partial charge >= 0.3 is 11.9 Å². The van der Waals surface area contributed by atoms with Gasteiger partial charge in [0.1, 0.15) is 0 Å². The van der Waals surface area contributed by atoms with E-state index in [4.69, 9.17) is 0 Å². The number of hydrogen-bond donors (Lipinski definition) is 2. The summed E-state index contributed by atoms with van der Waals surface area (Å²) in [6, 6.07) is 0. The van der Waals surface area contributed by atoms with Crippen LogP contribution in [0.15, 0.2) is 0 Å². The van der Waals surface area contributed by atoms with Crippen LogP contribution in [-0.4, -0.2) is 11.9 Å². The molecule has 92 valence electrons. The first-order valence-electron chi connectivity index (χ1n) is 4.94. The normalized spacial score (nSPS) is 12.9. The summed E-state index contributed by atoms with van der Waals surface area (Å²) >= 11 is 0. The Morgan fingerprint density at radius 1 is 0.933 bits per heavy atom. The summed E-state index contributed by atoms with van der Waals surface area (Å²) in [5.74, 6) is -0.796. The minimum Gasteiger partial charge on any atom is -0.393 e. The van der Waals surface area contributed by atoms with Crippen LogP contribution in [0.4, 0.5) is 0 Å². The van der Waals surface area contributed by atoms with Gasteiger partial charge in [0.15, 0.2) is 0 Å². The van der Waals surface area contributed by atoms with Gasteiger partial charge in [-0.05, 0) is 0 Å². The van der Waals surface area contributed by atoms with Gasteiger partial charge in [-0.3, -0.25) is 9.59 Å². The van der Waals surface area contributed by atoms with Gasteiger partial charge in [0, 0.05) is 0 Å². The molecular formula is C10H24N2O3. The standard InChI is InChI=1S/C6H14.C4H4O3.2H3N/c1-3-5-6-4-2;5-3-1-2-4(6)7-3;;/h3-6H2,1-2H3;1-2H2;2*1H3. The minimum absolute atomic E-state index is 0. The molecule has 1 heterocycles. The molecule has 0 aromatic carbocycles. The Balaban J connectivity index is -0.000000172. The third-order valence-corrected chi connectivity index (χ3v) is 1.72. The molecule has 1 saturated heterocycles. The second-order valence-corrected chi connectivity index (χ2v) is 3.05. The highest BCUT2D eigenvalue weighted by Gasteiger charge is 2.19. The Morgan fingerprint density at radius 3 is 1.40 bits per heavy atom. The van der Waals surface area contributed by atoms with E-state index in [-0.39, 0.29) is 25.1 Å². The highest BCUT2D eigenvalue weighted by molar-refractivity contribution is 5.92. The largest absolute Gasteiger partial charge is 0.393 e. The van der Waals surface area contributed by atoms with E-state index < -0.39 is 11.9 Å². The van der Waals surface area contributed by atoms with Gasteiger partial charge in [-0.2, -0.15) is 0 Å². The average Bonchev–Trinajstić information content (AvgIpc) is 2.47. The molecule has 1 aliphatic heterocycles. The Bertz CT molecular complexity index is 154. The van der Waals surface area contributed by atoms with Crippen molar-refractivity contribution in [1.29, 1.82) is 0 Å². The first kappa shape index (κ1) is 19.6. The number of carbonyl (C=O) groups is 2. The Morgan fingerprint density at radius 2 is 1.27 bits per heavy atom. The van der Waals surface area contributed by atoms with Crippen LogP contribution >= 0.6 is 0 Å². The quantitative estimate of drug-likeness (QED) is 0.431. The fraction of sp³-hybridized carbons (Fsp3) is 0.800. The van der Waals surface area contributed by atoms with Gasteiger partial charge in [0.2, 0.25) is 0 Å². The zero-order chi connectivity index (χ0) is 10.1. The molecule has 0 radical (unpaired) electrons. The molecule has 6 N–H and O–H groups in total. The maximum absolute atomic E-state index is 10.0. The highest BCUT2D eigenvalue weighted by Crippen LogP contribution is 2.03. The Kier molecular flexibility index (Phi) is 17.1. The maximum atomic E-state index is 10.0. The summed E-state index contributed by atoms with van der Waals surface area (Å²) in [6.45, 7) is 4.46. The van der Waals surface area contributed by atoms with E-state index >= 15 is 0 Å². The minimum atomic E-state index is -0.398. The molecule has 0 saturated carbocycles. The second kappa shape index (κ2) is 13.1. The van der Waals surface area contributed by atoms with Crippen LogP contribution in [-0.2, 0) is 14.3 Å². The summed E-state index contributed by atoms with van der Waals surface area (Å²) in [7, 11) is 0. The molecule has 0 atom stereocenters. The number of unbranched alkanes of at least 4 members (excludes halogenated alkanes) is 3. The molecule has 0 aliphatic carbocycles. The van der Waals surface area contributed by atoms with Crippen molar-refractivity contribution in [2.24, 2.45) is 0 Å². The molecule has 0 bridgehead atoms. The predicted octanol–water partition coefficient (Wildman–Crippen LogP) is 2.76. The molecule has 5 heteroatoms. The molecule has 1 aliphatic rings. The van der Waals surface area contributed by atoms with Crippen molar-refractivity contribution in [3.05, 3.63) is 0 Å². The van der Waals surface area contributed by atoms with Crippen LogP contribution in [0, 0.1) is 0 Å². The molecule has 0 aromatic heterocycles. The van der Waals surface area contributed by atoms with Crippen LogP contribution in [0.1, 0.15) is 52.4 Å². The van der Waals surface area contributed by atoms with E-state index in [1.807, 2.05) is 0 Å². The summed E-state index contributed by atoms with van der Waals surface area (Å²) in [5, 5.41) is 0. The third kappa shape index (κ3) is 13.1. The summed E-state index contributed by atoms with van der Waals surface area (Å²) in [4.78, 5) is 20.0. The average molecular weight is 220 g/mol. The van der Waals surface area contributed by atoms with Crippen LogP contribution in [0.25, 0.3) is 0 Å². The van der Waals surface area contributed by atoms with Crippen molar-refractivity contribution >= 4 is 11.9 Å². The molecule has 1 fully saturated rings. The van der Waals surface area contributed by atoms with Crippen molar-refractivity contribution in [1.82, 2.24) is 12.3 Å². The molecule has 1 rings (SSSR count). The third-order valence-electron chi connectivity index (χ3n) is 1.72. The molecule has 0 aromatic rings. The molecule has 5 nitrogen and oxygen atoms in total. The van der Waals surface area contributed by atoms with Crippen molar-refractivity contribution in [3.8, 4) is 0 Å². The lowest BCUT2D eigenvalue weighted by Crippen LogP contribution is -1.94. The number of rotatable bonds is 3. The lowest BCUT2D eigenvalue weighted by molar-refractivity contribution is -0.151. The zero-order valence-corrected chi connectivity index (χ0v) is 9.88. The summed E-state index contributed by atoms with van der Waals surface area (Å²) < 4.78 is 4.08. The smallest absolute Gasteiger partial charge is 0.314 e. The first-order valence-corrected chi connectivity index (χ1v) is 4.94. The van der Waals surface area contributed by atoms with E-state index in [0.717, 1.165) is 0 Å². The number of carbonyl (C=O) groups excluding carboxylic acids is 2. The van der Waals surface area contributed by atoms with Crippen LogP contribution < -0.4 is 12.3 Å². The lowest BCUT2D eigenvalue weighted by Gasteiger charge is -1.86. The number of hydrogen-bond acceptors (Lipinski definition) is 5. The fourth-order valence-corrected chi connectivity index (χ4v) is 0.933. The molecular weight excluding hydrogens is 196 g/mol. The number of ether oxygens (including phenoxy) is 1. The molecule has 15 heavy (non-hydrogen) atoms. The topological polar surface area (TPSA) is 113 Å². The zero-order valence-electron chi connectivity index (χ0n) is 9.88. The van der Waals surface area contributed by atoms with Gasteiger partial charge in [-0.1, -0.05) is 39.5 Å². The monoisotopic (exact) mass is 220 g/mol. The van der Waals surface area contributed by atoms with Gasteiger partial charge in [0.05, 0.1) is 12.8 Å². The molecule has 0 amide bonds. The Hall–Kier alpha value is -0.940. The SMILES string of the molecule is CCCCCC.N.N.O=C1CCC(=O)O1. The molecule has 0 spiro atoms. The van der Waals surface area contributed by atoms with E-state index in [0.29, 0.717) is 0 Å². The summed E-state index contributed by atoms with van der Waals surface area (Å²) in [6.07, 6.45) is 6.06. The first-order chi connectivity index (χ1) is 6.20. The highest BCUT2D eigenvalue weighted by atomic mass is 16.6. The van der Waals surface area contributed by atoms with E-state index in [9.17, 15) is 9.59 Å². The van der Waals surface area contributed by atoms with Gasteiger partial charge in [-0.25, -0.2) is 0 Å². The molecule has 0 unspecified atom stereocenters.